The summed E-state index contributed by atoms with van der Waals surface area (Å²) in [5.74, 6) is -1.05. The van der Waals surface area contributed by atoms with Crippen LogP contribution < -0.4 is 9.62 Å². The highest BCUT2D eigenvalue weighted by atomic mass is 32.2. The van der Waals surface area contributed by atoms with Crippen molar-refractivity contribution < 1.29 is 17.6 Å². The van der Waals surface area contributed by atoms with Gasteiger partial charge in [0.15, 0.2) is 0 Å². The lowest BCUT2D eigenvalue weighted by atomic mass is 9.95. The van der Waals surface area contributed by atoms with Crippen LogP contribution in [0.15, 0.2) is 79.0 Å². The van der Waals surface area contributed by atoms with E-state index in [2.05, 4.69) is 9.82 Å². The van der Waals surface area contributed by atoms with E-state index < -0.39 is 28.0 Å². The number of hydrogen-bond donors (Lipinski definition) is 1. The first-order valence-electron chi connectivity index (χ1n) is 10.8. The lowest BCUT2D eigenvalue weighted by Crippen LogP contribution is -2.41. The number of halogens is 1. The Hall–Kier alpha value is -3.56. The van der Waals surface area contributed by atoms with Crippen LogP contribution in [0.1, 0.15) is 18.5 Å². The molecule has 0 spiro atoms. The smallest absolute Gasteiger partial charge is 0.232 e. The molecule has 1 aliphatic rings. The molecule has 3 atom stereocenters. The van der Waals surface area contributed by atoms with Crippen molar-refractivity contribution in [2.24, 2.45) is 5.92 Å². The zero-order valence-corrected chi connectivity index (χ0v) is 19.4. The number of hydrogen-bond acceptors (Lipinski definition) is 4. The van der Waals surface area contributed by atoms with Crippen LogP contribution in [0.3, 0.4) is 0 Å². The normalized spacial score (nSPS) is 20.9. The van der Waals surface area contributed by atoms with Crippen molar-refractivity contribution in [2.45, 2.75) is 19.0 Å². The van der Waals surface area contributed by atoms with E-state index in [1.54, 1.807) is 34.8 Å². The summed E-state index contributed by atoms with van der Waals surface area (Å²) in [6.45, 7) is 1.74. The highest BCUT2D eigenvalue weighted by Gasteiger charge is 2.48. The van der Waals surface area contributed by atoms with E-state index in [-0.39, 0.29) is 11.7 Å². The van der Waals surface area contributed by atoms with Crippen molar-refractivity contribution in [1.82, 2.24) is 14.5 Å². The molecule has 3 unspecified atom stereocenters. The standard InChI is InChI=1S/C25H23FN4O3S/c1-16-23(28-34(2,32)33)24(17-6-4-3-5-7-17)29(25(16)31)21-12-13-22-18(14-21)15-27-30(22)20-10-8-19(26)9-11-20/h3-16,23-24,28H,1-2H3. The second-order valence-electron chi connectivity index (χ2n) is 8.54. The van der Waals surface area contributed by atoms with Gasteiger partial charge in [0, 0.05) is 11.1 Å². The fourth-order valence-electron chi connectivity index (χ4n) is 4.61. The molecule has 174 valence electrons. The molecule has 0 aliphatic carbocycles. The Balaban J connectivity index is 1.59. The highest BCUT2D eigenvalue weighted by Crippen LogP contribution is 2.41. The molecule has 1 amide bonds. The predicted molar refractivity (Wildman–Crippen MR) is 129 cm³/mol. The Kier molecular flexibility index (Phi) is 5.45. The van der Waals surface area contributed by atoms with Crippen molar-refractivity contribution in [3.63, 3.8) is 0 Å². The second kappa shape index (κ2) is 8.34. The van der Waals surface area contributed by atoms with Gasteiger partial charge in [0.1, 0.15) is 5.82 Å². The van der Waals surface area contributed by atoms with E-state index in [9.17, 15) is 17.6 Å². The molecule has 7 nitrogen and oxygen atoms in total. The van der Waals surface area contributed by atoms with Gasteiger partial charge in [-0.2, -0.15) is 5.10 Å². The average Bonchev–Trinajstić information content (AvgIpc) is 3.33. The van der Waals surface area contributed by atoms with Gasteiger partial charge >= 0.3 is 0 Å². The van der Waals surface area contributed by atoms with Crippen molar-refractivity contribution in [3.8, 4) is 5.69 Å². The van der Waals surface area contributed by atoms with E-state index in [0.29, 0.717) is 5.69 Å². The molecular weight excluding hydrogens is 455 g/mol. The number of anilines is 1. The van der Waals surface area contributed by atoms with Crippen molar-refractivity contribution in [2.75, 3.05) is 11.2 Å². The number of carbonyl (C=O) groups is 1. The van der Waals surface area contributed by atoms with E-state index in [1.165, 1.54) is 12.1 Å². The summed E-state index contributed by atoms with van der Waals surface area (Å²) in [6.07, 6.45) is 2.79. The molecular formula is C25H23FN4O3S. The Morgan fingerprint density at radius 1 is 0.971 bits per heavy atom. The third-order valence-electron chi connectivity index (χ3n) is 6.18. The molecule has 4 aromatic rings. The molecule has 3 aromatic carbocycles. The van der Waals surface area contributed by atoms with Gasteiger partial charge in [-0.3, -0.25) is 4.79 Å². The van der Waals surface area contributed by atoms with Crippen LogP contribution in [0.2, 0.25) is 0 Å². The first-order valence-corrected chi connectivity index (χ1v) is 12.7. The van der Waals surface area contributed by atoms with Gasteiger partial charge in [-0.05, 0) is 48.0 Å². The molecule has 0 saturated carbocycles. The number of carbonyl (C=O) groups excluding carboxylic acids is 1. The van der Waals surface area contributed by atoms with Crippen LogP contribution in [0.5, 0.6) is 0 Å². The SMILES string of the molecule is CC1C(=O)N(c2ccc3c(cnn3-c3ccc(F)cc3)c2)C(c2ccccc2)C1NS(C)(=O)=O. The predicted octanol–water partition coefficient (Wildman–Crippen LogP) is 3.81. The van der Waals surface area contributed by atoms with E-state index in [4.69, 9.17) is 0 Å². The Labute approximate surface area is 196 Å². The summed E-state index contributed by atoms with van der Waals surface area (Å²) in [4.78, 5) is 15.1. The molecule has 34 heavy (non-hydrogen) atoms. The van der Waals surface area contributed by atoms with Gasteiger partial charge in [-0.15, -0.1) is 0 Å². The maximum absolute atomic E-state index is 13.4. The zero-order valence-electron chi connectivity index (χ0n) is 18.6. The lowest BCUT2D eigenvalue weighted by molar-refractivity contribution is -0.120. The fourth-order valence-corrected chi connectivity index (χ4v) is 5.44. The third-order valence-corrected chi connectivity index (χ3v) is 6.88. The minimum Gasteiger partial charge on any atom is -0.303 e. The van der Waals surface area contributed by atoms with Crippen LogP contribution >= 0.6 is 0 Å². The Morgan fingerprint density at radius 2 is 1.65 bits per heavy atom. The number of sulfonamides is 1. The average molecular weight is 479 g/mol. The van der Waals surface area contributed by atoms with Crippen molar-refractivity contribution >= 4 is 32.5 Å². The maximum Gasteiger partial charge on any atom is 0.232 e. The molecule has 9 heteroatoms. The third kappa shape index (κ3) is 3.97. The van der Waals surface area contributed by atoms with Crippen LogP contribution in [-0.2, 0) is 14.8 Å². The summed E-state index contributed by atoms with van der Waals surface area (Å²) < 4.78 is 42.0. The molecule has 1 aliphatic heterocycles. The molecule has 2 heterocycles. The molecule has 1 saturated heterocycles. The molecule has 0 bridgehead atoms. The topological polar surface area (TPSA) is 84.3 Å². The number of nitrogens with one attached hydrogen (secondary N) is 1. The minimum atomic E-state index is -3.54. The summed E-state index contributed by atoms with van der Waals surface area (Å²) in [5, 5.41) is 5.24. The first-order chi connectivity index (χ1) is 16.2. The van der Waals surface area contributed by atoms with Gasteiger partial charge in [0.05, 0.1) is 41.7 Å². The monoisotopic (exact) mass is 478 g/mol. The van der Waals surface area contributed by atoms with Gasteiger partial charge < -0.3 is 4.90 Å². The second-order valence-corrected chi connectivity index (χ2v) is 10.3. The van der Waals surface area contributed by atoms with Gasteiger partial charge in [-0.25, -0.2) is 22.2 Å². The Bertz CT molecular complexity index is 1470. The summed E-state index contributed by atoms with van der Waals surface area (Å²) in [6, 6.07) is 19.9. The van der Waals surface area contributed by atoms with Crippen LogP contribution in [0.25, 0.3) is 16.6 Å². The number of rotatable bonds is 5. The minimum absolute atomic E-state index is 0.166. The van der Waals surface area contributed by atoms with E-state index in [1.807, 2.05) is 48.5 Å². The van der Waals surface area contributed by atoms with Crippen LogP contribution in [-0.4, -0.2) is 36.4 Å². The zero-order chi connectivity index (χ0) is 24.0. The Morgan fingerprint density at radius 3 is 2.32 bits per heavy atom. The molecule has 1 N–H and O–H groups in total. The fraction of sp³-hybridized carbons (Fsp3) is 0.200. The summed E-state index contributed by atoms with van der Waals surface area (Å²) in [5.41, 5.74) is 3.00. The number of aromatic nitrogens is 2. The molecule has 0 radical (unpaired) electrons. The van der Waals surface area contributed by atoms with Crippen molar-refractivity contribution in [1.29, 1.82) is 0 Å². The molecule has 5 rings (SSSR count). The van der Waals surface area contributed by atoms with Gasteiger partial charge in [0.2, 0.25) is 15.9 Å². The highest BCUT2D eigenvalue weighted by molar-refractivity contribution is 7.88. The number of nitrogens with zero attached hydrogens (tertiary/aromatic N) is 3. The summed E-state index contributed by atoms with van der Waals surface area (Å²) in [7, 11) is -3.54. The number of benzene rings is 3. The molecule has 1 fully saturated rings. The largest absolute Gasteiger partial charge is 0.303 e. The van der Waals surface area contributed by atoms with Crippen molar-refractivity contribution in [3.05, 3.63) is 90.4 Å². The summed E-state index contributed by atoms with van der Waals surface area (Å²) >= 11 is 0. The number of amides is 1. The van der Waals surface area contributed by atoms with E-state index >= 15 is 0 Å². The quantitative estimate of drug-likeness (QED) is 0.473. The van der Waals surface area contributed by atoms with Crippen LogP contribution in [0.4, 0.5) is 10.1 Å². The van der Waals surface area contributed by atoms with Gasteiger partial charge in [-0.1, -0.05) is 37.3 Å². The molecule has 1 aromatic heterocycles. The number of fused-ring (bicyclic) bond motifs is 1. The van der Waals surface area contributed by atoms with Gasteiger partial charge in [0.25, 0.3) is 0 Å². The first kappa shape index (κ1) is 22.2. The lowest BCUT2D eigenvalue weighted by Gasteiger charge is -2.29. The van der Waals surface area contributed by atoms with Crippen LogP contribution in [0, 0.1) is 11.7 Å². The maximum atomic E-state index is 13.4. The van der Waals surface area contributed by atoms with E-state index in [0.717, 1.165) is 28.4 Å².